The molecule has 3 N–H and O–H groups in total. The zero-order chi connectivity index (χ0) is 15.1. The normalized spacial score (nSPS) is 25.2. The number of ether oxygens (including phenoxy) is 1. The van der Waals surface area contributed by atoms with Crippen LogP contribution in [0.5, 0.6) is 0 Å². The lowest BCUT2D eigenvalue weighted by Crippen LogP contribution is -2.53. The molecule has 22 heavy (non-hydrogen) atoms. The minimum atomic E-state index is -0.279. The number of halogens is 1. The molecular weight excluding hydrogens is 306 g/mol. The minimum absolute atomic E-state index is 0. The van der Waals surface area contributed by atoms with Crippen molar-refractivity contribution in [2.24, 2.45) is 5.73 Å². The molecule has 128 valence electrons. The van der Waals surface area contributed by atoms with Crippen molar-refractivity contribution in [2.75, 3.05) is 26.2 Å². The number of hydrogen-bond donors (Lipinski definition) is 2. The molecule has 2 aliphatic rings. The molecule has 0 aromatic heterocycles. The quantitative estimate of drug-likeness (QED) is 0.780. The van der Waals surface area contributed by atoms with Gasteiger partial charge in [0.1, 0.15) is 6.10 Å². The topological polar surface area (TPSA) is 84.7 Å². The minimum Gasteiger partial charge on any atom is -0.368 e. The Balaban J connectivity index is 0.00000242. The monoisotopic (exact) mass is 333 g/mol. The van der Waals surface area contributed by atoms with Crippen LogP contribution in [0.3, 0.4) is 0 Å². The Morgan fingerprint density at radius 2 is 1.95 bits per heavy atom. The van der Waals surface area contributed by atoms with Gasteiger partial charge in [-0.2, -0.15) is 0 Å². The maximum atomic E-state index is 12.6. The van der Waals surface area contributed by atoms with Crippen LogP contribution >= 0.6 is 12.4 Å². The second-order valence-corrected chi connectivity index (χ2v) is 5.88. The maximum absolute atomic E-state index is 12.6. The summed E-state index contributed by atoms with van der Waals surface area (Å²) in [6, 6.07) is 0.0958. The number of nitrogens with one attached hydrogen (secondary N) is 1. The van der Waals surface area contributed by atoms with E-state index in [-0.39, 0.29) is 36.4 Å². The Hall–Kier alpha value is -0.850. The highest BCUT2D eigenvalue weighted by Crippen LogP contribution is 2.21. The number of rotatable bonds is 5. The lowest BCUT2D eigenvalue weighted by molar-refractivity contribution is -0.150. The van der Waals surface area contributed by atoms with Crippen LogP contribution in [0.25, 0.3) is 0 Å². The predicted octanol–water partition coefficient (Wildman–Crippen LogP) is 0.823. The number of hydrogen-bond acceptors (Lipinski definition) is 4. The molecule has 2 fully saturated rings. The Labute approximate surface area is 138 Å². The molecule has 0 saturated carbocycles. The van der Waals surface area contributed by atoms with Crippen molar-refractivity contribution in [2.45, 2.75) is 57.1 Å². The number of piperidine rings is 1. The zero-order valence-electron chi connectivity index (χ0n) is 13.1. The van der Waals surface area contributed by atoms with E-state index < -0.39 is 0 Å². The number of carbonyl (C=O) groups excluding carboxylic acids is 2. The van der Waals surface area contributed by atoms with E-state index in [1.54, 1.807) is 0 Å². The van der Waals surface area contributed by atoms with E-state index in [9.17, 15) is 9.59 Å². The molecule has 2 heterocycles. The summed E-state index contributed by atoms with van der Waals surface area (Å²) < 4.78 is 5.61. The lowest BCUT2D eigenvalue weighted by atomic mass is 9.99. The summed E-state index contributed by atoms with van der Waals surface area (Å²) in [7, 11) is 0. The summed E-state index contributed by atoms with van der Waals surface area (Å²) >= 11 is 0. The molecule has 2 aliphatic heterocycles. The Bertz CT molecular complexity index is 362. The summed E-state index contributed by atoms with van der Waals surface area (Å²) in [6.45, 7) is 2.34. The molecule has 0 aliphatic carbocycles. The standard InChI is InChI=1S/C15H27N3O3.ClH/c16-8-7-14(19)17-11-12-5-1-3-9-18(12)15(20)13-6-2-4-10-21-13;/h12-13H,1-11,16H2,(H,17,19);1H. The molecule has 2 atom stereocenters. The van der Waals surface area contributed by atoms with Gasteiger partial charge in [0.2, 0.25) is 5.91 Å². The predicted molar refractivity (Wildman–Crippen MR) is 86.9 cm³/mol. The van der Waals surface area contributed by atoms with Gasteiger partial charge in [0.15, 0.2) is 0 Å². The Kier molecular flexibility index (Phi) is 8.75. The van der Waals surface area contributed by atoms with Crippen molar-refractivity contribution in [1.82, 2.24) is 10.2 Å². The van der Waals surface area contributed by atoms with Gasteiger partial charge in [-0.3, -0.25) is 9.59 Å². The first-order chi connectivity index (χ1) is 10.2. The van der Waals surface area contributed by atoms with Gasteiger partial charge in [-0.05, 0) is 38.5 Å². The highest BCUT2D eigenvalue weighted by atomic mass is 35.5. The van der Waals surface area contributed by atoms with E-state index in [2.05, 4.69) is 5.32 Å². The molecule has 0 aromatic carbocycles. The van der Waals surface area contributed by atoms with Gasteiger partial charge in [-0.25, -0.2) is 0 Å². The SMILES string of the molecule is Cl.NCCC(=O)NCC1CCCCN1C(=O)C1CCCCO1. The molecule has 2 saturated heterocycles. The number of nitrogens with zero attached hydrogens (tertiary/aromatic N) is 1. The van der Waals surface area contributed by atoms with Crippen LogP contribution in [-0.4, -0.2) is 55.1 Å². The third kappa shape index (κ3) is 5.41. The van der Waals surface area contributed by atoms with Crippen LogP contribution in [0.2, 0.25) is 0 Å². The average Bonchev–Trinajstić information content (AvgIpc) is 2.54. The summed E-state index contributed by atoms with van der Waals surface area (Å²) in [5.41, 5.74) is 5.37. The van der Waals surface area contributed by atoms with Crippen LogP contribution in [0.1, 0.15) is 44.9 Å². The van der Waals surface area contributed by atoms with Crippen molar-refractivity contribution in [3.05, 3.63) is 0 Å². The maximum Gasteiger partial charge on any atom is 0.252 e. The van der Waals surface area contributed by atoms with Crippen molar-refractivity contribution < 1.29 is 14.3 Å². The van der Waals surface area contributed by atoms with Gasteiger partial charge >= 0.3 is 0 Å². The van der Waals surface area contributed by atoms with Crippen molar-refractivity contribution in [1.29, 1.82) is 0 Å². The zero-order valence-corrected chi connectivity index (χ0v) is 13.9. The Morgan fingerprint density at radius 3 is 2.64 bits per heavy atom. The largest absolute Gasteiger partial charge is 0.368 e. The van der Waals surface area contributed by atoms with Gasteiger partial charge < -0.3 is 20.7 Å². The fraction of sp³-hybridized carbons (Fsp3) is 0.867. The number of nitrogens with two attached hydrogens (primary N) is 1. The number of amides is 2. The first-order valence-corrected chi connectivity index (χ1v) is 8.11. The molecule has 0 spiro atoms. The molecule has 2 rings (SSSR count). The first kappa shape index (κ1) is 19.2. The molecule has 2 amide bonds. The third-order valence-electron chi connectivity index (χ3n) is 4.27. The lowest BCUT2D eigenvalue weighted by Gasteiger charge is -2.38. The van der Waals surface area contributed by atoms with E-state index in [1.807, 2.05) is 4.90 Å². The van der Waals surface area contributed by atoms with E-state index in [1.165, 1.54) is 0 Å². The van der Waals surface area contributed by atoms with Crippen LogP contribution in [0.15, 0.2) is 0 Å². The molecule has 7 heteroatoms. The van der Waals surface area contributed by atoms with Gasteiger partial charge in [0, 0.05) is 38.7 Å². The van der Waals surface area contributed by atoms with Gasteiger partial charge in [-0.15, -0.1) is 12.4 Å². The van der Waals surface area contributed by atoms with Crippen molar-refractivity contribution in [3.8, 4) is 0 Å². The van der Waals surface area contributed by atoms with Crippen LogP contribution in [0.4, 0.5) is 0 Å². The highest BCUT2D eigenvalue weighted by Gasteiger charge is 2.32. The summed E-state index contributed by atoms with van der Waals surface area (Å²) in [4.78, 5) is 26.1. The molecule has 0 radical (unpaired) electrons. The fourth-order valence-corrected chi connectivity index (χ4v) is 3.07. The second-order valence-electron chi connectivity index (χ2n) is 5.88. The molecule has 2 unspecified atom stereocenters. The van der Waals surface area contributed by atoms with Crippen LogP contribution < -0.4 is 11.1 Å². The third-order valence-corrected chi connectivity index (χ3v) is 4.27. The van der Waals surface area contributed by atoms with Gasteiger partial charge in [0.25, 0.3) is 5.91 Å². The van der Waals surface area contributed by atoms with Crippen molar-refractivity contribution >= 4 is 24.2 Å². The van der Waals surface area contributed by atoms with E-state index >= 15 is 0 Å². The molecule has 6 nitrogen and oxygen atoms in total. The van der Waals surface area contributed by atoms with E-state index in [0.717, 1.165) is 45.1 Å². The Morgan fingerprint density at radius 1 is 1.18 bits per heavy atom. The van der Waals surface area contributed by atoms with Crippen LogP contribution in [-0.2, 0) is 14.3 Å². The highest BCUT2D eigenvalue weighted by molar-refractivity contribution is 5.85. The summed E-state index contributed by atoms with van der Waals surface area (Å²) in [6.07, 6.45) is 6.07. The molecular formula is C15H28ClN3O3. The second kappa shape index (κ2) is 10.0. The van der Waals surface area contributed by atoms with Crippen molar-refractivity contribution in [3.63, 3.8) is 0 Å². The van der Waals surface area contributed by atoms with Gasteiger partial charge in [0.05, 0.1) is 0 Å². The average molecular weight is 334 g/mol. The van der Waals surface area contributed by atoms with Crippen LogP contribution in [0, 0.1) is 0 Å². The summed E-state index contributed by atoms with van der Waals surface area (Å²) in [5, 5.41) is 2.89. The van der Waals surface area contributed by atoms with E-state index in [4.69, 9.17) is 10.5 Å². The smallest absolute Gasteiger partial charge is 0.252 e. The first-order valence-electron chi connectivity index (χ1n) is 8.11. The molecule has 0 bridgehead atoms. The van der Waals surface area contributed by atoms with E-state index in [0.29, 0.717) is 26.1 Å². The van der Waals surface area contributed by atoms with Gasteiger partial charge in [-0.1, -0.05) is 0 Å². The fourth-order valence-electron chi connectivity index (χ4n) is 3.07. The molecule has 0 aromatic rings. The number of carbonyl (C=O) groups is 2. The number of likely N-dealkylation sites (tertiary alicyclic amines) is 1. The summed E-state index contributed by atoms with van der Waals surface area (Å²) in [5.74, 6) is 0.0665.